The Kier molecular flexibility index (Phi) is 5.21. The first kappa shape index (κ1) is 15.4. The lowest BCUT2D eigenvalue weighted by Gasteiger charge is -2.18. The van der Waals surface area contributed by atoms with E-state index < -0.39 is 6.61 Å². The van der Waals surface area contributed by atoms with Gasteiger partial charge in [0.15, 0.2) is 0 Å². The molecule has 0 amide bonds. The van der Waals surface area contributed by atoms with Gasteiger partial charge < -0.3 is 10.1 Å². The van der Waals surface area contributed by atoms with Gasteiger partial charge in [-0.2, -0.15) is 8.78 Å². The predicted octanol–water partition coefficient (Wildman–Crippen LogP) is 2.60. The first-order valence-electron chi connectivity index (χ1n) is 6.76. The number of alkyl halides is 2. The molecule has 21 heavy (non-hydrogen) atoms. The average Bonchev–Trinajstić information content (AvgIpc) is 2.90. The molecule has 1 atom stereocenters. The van der Waals surface area contributed by atoms with E-state index in [-0.39, 0.29) is 11.8 Å². The summed E-state index contributed by atoms with van der Waals surface area (Å²) in [6, 6.07) is 6.45. The van der Waals surface area contributed by atoms with E-state index in [4.69, 9.17) is 0 Å². The van der Waals surface area contributed by atoms with Crippen molar-refractivity contribution in [2.75, 3.05) is 7.05 Å². The van der Waals surface area contributed by atoms with E-state index >= 15 is 0 Å². The number of rotatable bonds is 7. The molecule has 0 bridgehead atoms. The lowest BCUT2D eigenvalue weighted by molar-refractivity contribution is -0.0498. The van der Waals surface area contributed by atoms with Crippen LogP contribution in [0.15, 0.2) is 30.5 Å². The van der Waals surface area contributed by atoms with Crippen LogP contribution in [0.2, 0.25) is 0 Å². The Morgan fingerprint density at radius 1 is 1.29 bits per heavy atom. The summed E-state index contributed by atoms with van der Waals surface area (Å²) in [4.78, 5) is 0. The molecule has 5 nitrogen and oxygen atoms in total. The third kappa shape index (κ3) is 3.75. The lowest BCUT2D eigenvalue weighted by Crippen LogP contribution is -2.21. The van der Waals surface area contributed by atoms with E-state index in [1.54, 1.807) is 18.3 Å². The van der Waals surface area contributed by atoms with Crippen molar-refractivity contribution in [2.24, 2.45) is 0 Å². The molecule has 2 rings (SSSR count). The molecule has 0 aliphatic carbocycles. The van der Waals surface area contributed by atoms with Crippen LogP contribution < -0.4 is 10.1 Å². The number of nitrogens with one attached hydrogen (secondary N) is 1. The fourth-order valence-electron chi connectivity index (χ4n) is 2.20. The standard InChI is InChI=1S/C14H18F2N4O/c1-3-8-20-12(9-18-19-20)13(17-2)10-4-6-11(7-5-10)21-14(15)16/h4-7,9,13-14,17H,3,8H2,1-2H3. The average molecular weight is 296 g/mol. The number of nitrogens with zero attached hydrogens (tertiary/aromatic N) is 3. The minimum atomic E-state index is -2.81. The molecule has 1 N–H and O–H groups in total. The van der Waals surface area contributed by atoms with E-state index in [1.165, 1.54) is 12.1 Å². The van der Waals surface area contributed by atoms with Crippen molar-refractivity contribution in [3.05, 3.63) is 41.7 Å². The van der Waals surface area contributed by atoms with Crippen molar-refractivity contribution in [2.45, 2.75) is 32.5 Å². The van der Waals surface area contributed by atoms with Crippen molar-refractivity contribution in [1.82, 2.24) is 20.3 Å². The monoisotopic (exact) mass is 296 g/mol. The highest BCUT2D eigenvalue weighted by Gasteiger charge is 2.17. The molecule has 1 unspecified atom stereocenters. The Hall–Kier alpha value is -2.02. The summed E-state index contributed by atoms with van der Waals surface area (Å²) in [5.41, 5.74) is 1.86. The maximum Gasteiger partial charge on any atom is 0.387 e. The summed E-state index contributed by atoms with van der Waals surface area (Å²) in [5, 5.41) is 11.2. The van der Waals surface area contributed by atoms with Crippen LogP contribution in [0.25, 0.3) is 0 Å². The number of hydrogen-bond donors (Lipinski definition) is 1. The molecule has 0 aliphatic rings. The minimum Gasteiger partial charge on any atom is -0.435 e. The molecule has 2 aromatic rings. The maximum atomic E-state index is 12.2. The molecule has 0 fully saturated rings. The maximum absolute atomic E-state index is 12.2. The summed E-state index contributed by atoms with van der Waals surface area (Å²) < 4.78 is 30.5. The Labute approximate surface area is 121 Å². The lowest BCUT2D eigenvalue weighted by atomic mass is 10.0. The summed E-state index contributed by atoms with van der Waals surface area (Å²) in [6.07, 6.45) is 2.66. The fourth-order valence-corrected chi connectivity index (χ4v) is 2.20. The van der Waals surface area contributed by atoms with E-state index in [2.05, 4.69) is 27.3 Å². The highest BCUT2D eigenvalue weighted by Crippen LogP contribution is 2.24. The quantitative estimate of drug-likeness (QED) is 0.853. The van der Waals surface area contributed by atoms with Crippen LogP contribution in [0.3, 0.4) is 0 Å². The van der Waals surface area contributed by atoms with E-state index in [1.807, 2.05) is 11.7 Å². The van der Waals surface area contributed by atoms with Crippen LogP contribution in [0.1, 0.15) is 30.6 Å². The zero-order valence-electron chi connectivity index (χ0n) is 12.0. The van der Waals surface area contributed by atoms with Gasteiger partial charge in [0.25, 0.3) is 0 Å². The molecular formula is C14H18F2N4O. The highest BCUT2D eigenvalue weighted by atomic mass is 19.3. The largest absolute Gasteiger partial charge is 0.435 e. The molecule has 0 aliphatic heterocycles. The van der Waals surface area contributed by atoms with Crippen LogP contribution in [0, 0.1) is 0 Å². The zero-order chi connectivity index (χ0) is 15.2. The molecule has 0 spiro atoms. The van der Waals surface area contributed by atoms with Gasteiger partial charge in [0, 0.05) is 6.54 Å². The number of aromatic nitrogens is 3. The summed E-state index contributed by atoms with van der Waals surface area (Å²) in [5.74, 6) is 0.142. The van der Waals surface area contributed by atoms with Crippen molar-refractivity contribution >= 4 is 0 Å². The summed E-state index contributed by atoms with van der Waals surface area (Å²) >= 11 is 0. The number of halogens is 2. The molecular weight excluding hydrogens is 278 g/mol. The third-order valence-corrected chi connectivity index (χ3v) is 3.11. The minimum absolute atomic E-state index is 0.104. The van der Waals surface area contributed by atoms with Crippen molar-refractivity contribution in [3.8, 4) is 5.75 Å². The predicted molar refractivity (Wildman–Crippen MR) is 74.3 cm³/mol. The van der Waals surface area contributed by atoms with Gasteiger partial charge in [-0.1, -0.05) is 24.3 Å². The van der Waals surface area contributed by atoms with Crippen molar-refractivity contribution in [1.29, 1.82) is 0 Å². The molecule has 1 heterocycles. The van der Waals surface area contributed by atoms with Gasteiger partial charge >= 0.3 is 6.61 Å². The first-order chi connectivity index (χ1) is 10.2. The summed E-state index contributed by atoms with van der Waals surface area (Å²) in [7, 11) is 1.83. The fraction of sp³-hybridized carbons (Fsp3) is 0.429. The molecule has 0 saturated carbocycles. The van der Waals surface area contributed by atoms with Gasteiger partial charge in [0.05, 0.1) is 17.9 Å². The van der Waals surface area contributed by atoms with Gasteiger partial charge in [-0.25, -0.2) is 4.68 Å². The van der Waals surface area contributed by atoms with Crippen LogP contribution in [0.5, 0.6) is 5.75 Å². The van der Waals surface area contributed by atoms with Gasteiger partial charge in [-0.15, -0.1) is 5.10 Å². The van der Waals surface area contributed by atoms with Crippen LogP contribution in [-0.2, 0) is 6.54 Å². The van der Waals surface area contributed by atoms with E-state index in [9.17, 15) is 8.78 Å². The molecule has 114 valence electrons. The number of hydrogen-bond acceptors (Lipinski definition) is 4. The molecule has 0 saturated heterocycles. The Morgan fingerprint density at radius 3 is 2.57 bits per heavy atom. The Morgan fingerprint density at radius 2 is 2.00 bits per heavy atom. The van der Waals surface area contributed by atoms with E-state index in [0.29, 0.717) is 0 Å². The van der Waals surface area contributed by atoms with Crippen molar-refractivity contribution < 1.29 is 13.5 Å². The van der Waals surface area contributed by atoms with Crippen LogP contribution in [0.4, 0.5) is 8.78 Å². The van der Waals surface area contributed by atoms with Gasteiger partial charge in [0.2, 0.25) is 0 Å². The van der Waals surface area contributed by atoms with Crippen LogP contribution in [-0.4, -0.2) is 28.7 Å². The van der Waals surface area contributed by atoms with Gasteiger partial charge in [-0.3, -0.25) is 0 Å². The topological polar surface area (TPSA) is 52.0 Å². The molecule has 0 radical (unpaired) electrons. The third-order valence-electron chi connectivity index (χ3n) is 3.11. The molecule has 1 aromatic heterocycles. The molecule has 7 heteroatoms. The highest BCUT2D eigenvalue weighted by molar-refractivity contribution is 5.32. The second-order valence-electron chi connectivity index (χ2n) is 4.55. The first-order valence-corrected chi connectivity index (χ1v) is 6.76. The smallest absolute Gasteiger partial charge is 0.387 e. The number of ether oxygens (including phenoxy) is 1. The van der Waals surface area contributed by atoms with Gasteiger partial charge in [0.1, 0.15) is 5.75 Å². The van der Waals surface area contributed by atoms with Crippen molar-refractivity contribution in [3.63, 3.8) is 0 Å². The van der Waals surface area contributed by atoms with Gasteiger partial charge in [-0.05, 0) is 31.2 Å². The second-order valence-corrected chi connectivity index (χ2v) is 4.55. The normalized spacial score (nSPS) is 12.6. The summed E-state index contributed by atoms with van der Waals surface area (Å²) in [6.45, 7) is 0.0299. The number of benzene rings is 1. The zero-order valence-corrected chi connectivity index (χ0v) is 12.0. The second kappa shape index (κ2) is 7.12. The van der Waals surface area contributed by atoms with Crippen LogP contribution >= 0.6 is 0 Å². The number of aryl methyl sites for hydroxylation is 1. The van der Waals surface area contributed by atoms with E-state index in [0.717, 1.165) is 24.2 Å². The molecule has 1 aromatic carbocycles. The SMILES string of the molecule is CCCn1nncc1C(NC)c1ccc(OC(F)F)cc1. The Balaban J connectivity index is 2.22. The Bertz CT molecular complexity index is 556.